The number of aliphatic hydroxyl groups is 2. The Morgan fingerprint density at radius 3 is 1.42 bits per heavy atom. The fraction of sp³-hybridized carbons (Fsp3) is 0.885. The molecular formula is C52H86N6O4. The second-order valence-corrected chi connectivity index (χ2v) is 24.0. The first kappa shape index (κ1) is 47.5. The van der Waals surface area contributed by atoms with Crippen molar-refractivity contribution in [2.75, 3.05) is 0 Å². The summed E-state index contributed by atoms with van der Waals surface area (Å²) in [5, 5.41) is 37.8. The second kappa shape index (κ2) is 16.8. The number of Topliss-reactive ketones (excluding diaryl/α,β-unsaturated/α-hetero) is 2. The molecule has 0 aliphatic heterocycles. The van der Waals surface area contributed by atoms with Crippen LogP contribution in [0, 0.1) is 80.8 Å². The molecule has 2 heterocycles. The van der Waals surface area contributed by atoms with Crippen LogP contribution in [0.4, 0.5) is 0 Å². The number of ketones is 2. The third-order valence-electron chi connectivity index (χ3n) is 21.0. The van der Waals surface area contributed by atoms with Gasteiger partial charge >= 0.3 is 0 Å². The molecule has 0 radical (unpaired) electrons. The van der Waals surface area contributed by atoms with Crippen molar-refractivity contribution in [2.45, 2.75) is 209 Å². The molecule has 0 saturated heterocycles. The number of carbonyl (C=O) groups is 2. The first-order valence-corrected chi connectivity index (χ1v) is 24.6. The Bertz CT molecular complexity index is 1750. The number of hydrogen-bond acceptors (Lipinski definition) is 8. The lowest BCUT2D eigenvalue weighted by molar-refractivity contribution is -0.151. The largest absolute Gasteiger partial charge is 0.390 e. The van der Waals surface area contributed by atoms with Gasteiger partial charge in [0.05, 0.1) is 29.8 Å². The Labute approximate surface area is 374 Å². The normalized spacial score (nSPS) is 47.5. The summed E-state index contributed by atoms with van der Waals surface area (Å²) >= 11 is 0. The molecule has 2 aromatic rings. The maximum absolute atomic E-state index is 13.5. The first-order chi connectivity index (χ1) is 28.3. The minimum atomic E-state index is -0.470. The van der Waals surface area contributed by atoms with E-state index in [-0.39, 0.29) is 49.6 Å². The molecule has 2 aromatic heterocycles. The van der Waals surface area contributed by atoms with E-state index in [0.29, 0.717) is 46.1 Å². The SMILES string of the molecule is C.C.C[C@@H](C(=O)[C@H]1CC[C@H]2[C@@H]3CC[C@@H]4C[C@](C)(O)CC[C@]4(C)[C@H]3CC[C@]12C)n1ccnn1.C[C@@H](C(=O)[C@H]1CC[C@H]2[C@@H]3CC[C@@H]4C[C@](C)(O)CC[C@]4(C)[C@H]3CC[C@]12C)n1nccn1. The van der Waals surface area contributed by atoms with E-state index in [2.05, 4.69) is 48.2 Å². The molecule has 62 heavy (non-hydrogen) atoms. The Hall–Kier alpha value is -2.46. The third kappa shape index (κ3) is 7.60. The summed E-state index contributed by atoms with van der Waals surface area (Å²) in [5.74, 6) is 6.71. The first-order valence-electron chi connectivity index (χ1n) is 24.6. The number of carbonyl (C=O) groups excluding carboxylic acids is 2. The van der Waals surface area contributed by atoms with Crippen LogP contribution >= 0.6 is 0 Å². The van der Waals surface area contributed by atoms with E-state index < -0.39 is 11.2 Å². The molecule has 8 aliphatic rings. The summed E-state index contributed by atoms with van der Waals surface area (Å²) in [4.78, 5) is 28.6. The lowest BCUT2D eigenvalue weighted by Crippen LogP contribution is -2.55. The second-order valence-electron chi connectivity index (χ2n) is 24.0. The number of hydrogen-bond donors (Lipinski definition) is 2. The Balaban J connectivity index is 0.000000181. The van der Waals surface area contributed by atoms with E-state index >= 15 is 0 Å². The number of fused-ring (bicyclic) bond motifs is 10. The lowest BCUT2D eigenvalue weighted by atomic mass is 9.44. The van der Waals surface area contributed by atoms with Gasteiger partial charge in [-0.05, 0) is 212 Å². The van der Waals surface area contributed by atoms with Crippen molar-refractivity contribution in [2.24, 2.45) is 80.8 Å². The minimum Gasteiger partial charge on any atom is -0.390 e. The fourth-order valence-corrected chi connectivity index (χ4v) is 17.5. The summed E-state index contributed by atoms with van der Waals surface area (Å²) in [5.41, 5.74) is 0.0766. The molecule has 0 bridgehead atoms. The van der Waals surface area contributed by atoms with Crippen LogP contribution in [0.2, 0.25) is 0 Å². The average Bonchev–Trinajstić information content (AvgIpc) is 4.04. The molecule has 0 amide bonds. The van der Waals surface area contributed by atoms with Crippen molar-refractivity contribution in [3.63, 3.8) is 0 Å². The molecule has 0 spiro atoms. The topological polar surface area (TPSA) is 136 Å². The van der Waals surface area contributed by atoms with Gasteiger partial charge in [-0.3, -0.25) is 9.59 Å². The maximum Gasteiger partial charge on any atom is 0.162 e. The zero-order valence-corrected chi connectivity index (χ0v) is 38.4. The Morgan fingerprint density at radius 2 is 0.984 bits per heavy atom. The third-order valence-corrected chi connectivity index (χ3v) is 21.0. The van der Waals surface area contributed by atoms with Crippen LogP contribution in [-0.4, -0.2) is 63.0 Å². The highest BCUT2D eigenvalue weighted by Gasteiger charge is 2.64. The standard InChI is InChI=1S/2C25H39N3O2.2CH4/c1-16(28-14-13-26-27-28)22(29)21-8-7-19-18-6-5-17-15-23(2,30)11-12-24(17,3)20(18)9-10-25(19,21)4;1-16(28-26-13-14-27-28)22(29)21-8-7-19-18-6-5-17-15-23(2,30)11-12-24(17,3)20(18)9-10-25(19,21)4;;/h2*13-14,16-21,30H,5-12,15H2,1-4H3;2*1H4/t2*16-,17+,18-,19-,20-,21+,23+,24-,25-;;/m00../s1. The van der Waals surface area contributed by atoms with Crippen LogP contribution in [0.3, 0.4) is 0 Å². The molecule has 10 heteroatoms. The summed E-state index contributed by atoms with van der Waals surface area (Å²) in [6, 6.07) is -0.494. The van der Waals surface area contributed by atoms with E-state index in [1.54, 1.807) is 28.1 Å². The summed E-state index contributed by atoms with van der Waals surface area (Å²) in [7, 11) is 0. The molecule has 2 N–H and O–H groups in total. The van der Waals surface area contributed by atoms with Crippen LogP contribution in [0.1, 0.15) is 198 Å². The molecule has 8 fully saturated rings. The Morgan fingerprint density at radius 1 is 0.548 bits per heavy atom. The van der Waals surface area contributed by atoms with E-state index in [4.69, 9.17) is 0 Å². The molecule has 10 nitrogen and oxygen atoms in total. The molecule has 10 rings (SSSR count). The molecule has 8 saturated carbocycles. The lowest BCUT2D eigenvalue weighted by Gasteiger charge is -2.61. The van der Waals surface area contributed by atoms with Gasteiger partial charge in [-0.1, -0.05) is 47.8 Å². The molecule has 0 aromatic carbocycles. The van der Waals surface area contributed by atoms with E-state index in [1.165, 1.54) is 77.0 Å². The average molecular weight is 859 g/mol. The van der Waals surface area contributed by atoms with Crippen molar-refractivity contribution in [1.29, 1.82) is 0 Å². The summed E-state index contributed by atoms with van der Waals surface area (Å²) < 4.78 is 1.73. The van der Waals surface area contributed by atoms with Gasteiger partial charge in [0.2, 0.25) is 0 Å². The van der Waals surface area contributed by atoms with Gasteiger partial charge in [-0.2, -0.15) is 15.0 Å². The monoisotopic (exact) mass is 859 g/mol. The van der Waals surface area contributed by atoms with E-state index in [9.17, 15) is 19.8 Å². The van der Waals surface area contributed by atoms with Gasteiger partial charge < -0.3 is 10.2 Å². The molecule has 348 valence electrons. The van der Waals surface area contributed by atoms with Crippen LogP contribution in [0.5, 0.6) is 0 Å². The van der Waals surface area contributed by atoms with Gasteiger partial charge in [-0.25, -0.2) is 4.68 Å². The molecule has 0 unspecified atom stereocenters. The quantitative estimate of drug-likeness (QED) is 0.293. The van der Waals surface area contributed by atoms with Crippen molar-refractivity contribution in [3.05, 3.63) is 24.8 Å². The van der Waals surface area contributed by atoms with Crippen molar-refractivity contribution >= 4 is 11.6 Å². The van der Waals surface area contributed by atoms with E-state index in [1.807, 2.05) is 33.9 Å². The van der Waals surface area contributed by atoms with Crippen molar-refractivity contribution in [1.82, 2.24) is 30.0 Å². The fourth-order valence-electron chi connectivity index (χ4n) is 17.5. The molecular weight excluding hydrogens is 773 g/mol. The molecule has 18 atom stereocenters. The van der Waals surface area contributed by atoms with Crippen LogP contribution in [0.15, 0.2) is 24.8 Å². The van der Waals surface area contributed by atoms with Crippen LogP contribution < -0.4 is 0 Å². The highest BCUT2D eigenvalue weighted by molar-refractivity contribution is 5.86. The predicted molar refractivity (Wildman–Crippen MR) is 245 cm³/mol. The zero-order chi connectivity index (χ0) is 42.6. The van der Waals surface area contributed by atoms with Crippen molar-refractivity contribution in [3.8, 4) is 0 Å². The number of nitrogens with zero attached hydrogens (tertiary/aromatic N) is 6. The van der Waals surface area contributed by atoms with E-state index in [0.717, 1.165) is 62.2 Å². The summed E-state index contributed by atoms with van der Waals surface area (Å²) in [6.07, 6.45) is 27.4. The summed E-state index contributed by atoms with van der Waals surface area (Å²) in [6.45, 7) is 18.0. The molecule has 8 aliphatic carbocycles. The minimum absolute atomic E-state index is 0. The number of aromatic nitrogens is 6. The maximum atomic E-state index is 13.5. The highest BCUT2D eigenvalue weighted by Crippen LogP contribution is 2.70. The smallest absolute Gasteiger partial charge is 0.162 e. The van der Waals surface area contributed by atoms with Gasteiger partial charge in [-0.15, -0.1) is 5.10 Å². The van der Waals surface area contributed by atoms with Gasteiger partial charge in [0.25, 0.3) is 0 Å². The van der Waals surface area contributed by atoms with Gasteiger partial charge in [0.15, 0.2) is 11.6 Å². The van der Waals surface area contributed by atoms with Gasteiger partial charge in [0, 0.05) is 18.0 Å². The van der Waals surface area contributed by atoms with Crippen LogP contribution in [0.25, 0.3) is 0 Å². The van der Waals surface area contributed by atoms with Crippen molar-refractivity contribution < 1.29 is 19.8 Å². The zero-order valence-electron chi connectivity index (χ0n) is 38.4. The highest BCUT2D eigenvalue weighted by atomic mass is 16.3. The Kier molecular flexibility index (Phi) is 12.8. The number of rotatable bonds is 6. The van der Waals surface area contributed by atoms with Gasteiger partial charge in [0.1, 0.15) is 12.1 Å². The van der Waals surface area contributed by atoms with Crippen LogP contribution in [-0.2, 0) is 9.59 Å². The predicted octanol–water partition coefficient (Wildman–Crippen LogP) is 10.9.